The molecule has 11 heteroatoms. The van der Waals surface area contributed by atoms with E-state index < -0.39 is 16.2 Å². The maximum atomic E-state index is 13.2. The molecule has 5 rings (SSSR count). The number of hydrogen-bond acceptors (Lipinski definition) is 7. The first-order valence-electron chi connectivity index (χ1n) is 11.2. The predicted molar refractivity (Wildman–Crippen MR) is 125 cm³/mol. The topological polar surface area (TPSA) is 130 Å². The van der Waals surface area contributed by atoms with Crippen LogP contribution in [0.25, 0.3) is 11.3 Å². The number of piperidine rings is 1. The van der Waals surface area contributed by atoms with Crippen molar-refractivity contribution in [1.29, 1.82) is 0 Å². The number of ether oxygens (including phenoxy) is 1. The van der Waals surface area contributed by atoms with E-state index in [9.17, 15) is 24.5 Å². The maximum Gasteiger partial charge on any atom is 0.334 e. The summed E-state index contributed by atoms with van der Waals surface area (Å²) < 4.78 is 7.81. The van der Waals surface area contributed by atoms with Crippen molar-refractivity contribution in [1.82, 2.24) is 19.2 Å². The fourth-order valence-corrected chi connectivity index (χ4v) is 4.98. The Hall–Kier alpha value is -4.28. The first kappa shape index (κ1) is 22.5. The molecule has 1 aromatic carbocycles. The van der Waals surface area contributed by atoms with Gasteiger partial charge in [0.2, 0.25) is 5.91 Å². The molecule has 0 N–H and O–H groups in total. The second kappa shape index (κ2) is 8.82. The highest BCUT2D eigenvalue weighted by Gasteiger charge is 2.37. The Morgan fingerprint density at radius 3 is 2.57 bits per heavy atom. The Balaban J connectivity index is 1.35. The van der Waals surface area contributed by atoms with Crippen LogP contribution in [0.5, 0.6) is 5.75 Å². The number of likely N-dealkylation sites (tertiary alicyclic amines) is 1. The number of hydrogen-bond donors (Lipinski definition) is 0. The molecule has 0 radical (unpaired) electrons. The van der Waals surface area contributed by atoms with E-state index in [1.54, 1.807) is 36.3 Å². The highest BCUT2D eigenvalue weighted by atomic mass is 16.6. The van der Waals surface area contributed by atoms with Gasteiger partial charge >= 0.3 is 11.2 Å². The maximum absolute atomic E-state index is 13.2. The van der Waals surface area contributed by atoms with Gasteiger partial charge in [-0.1, -0.05) is 0 Å². The fourth-order valence-electron chi connectivity index (χ4n) is 4.98. The summed E-state index contributed by atoms with van der Waals surface area (Å²) in [6.07, 6.45) is 0.798. The Bertz CT molecular complexity index is 1430. The highest BCUT2D eigenvalue weighted by molar-refractivity contribution is 5.76. The number of aromatic nitrogens is 3. The largest absolute Gasteiger partial charge is 0.497 e. The monoisotopic (exact) mass is 477 g/mol. The molecule has 35 heavy (non-hydrogen) atoms. The van der Waals surface area contributed by atoms with Crippen LogP contribution in [0.2, 0.25) is 0 Å². The molecule has 2 bridgehead atoms. The third kappa shape index (κ3) is 4.20. The Morgan fingerprint density at radius 2 is 1.86 bits per heavy atom. The average Bonchev–Trinajstić information content (AvgIpc) is 2.85. The number of nitrogens with zero attached hydrogens (tertiary/aromatic N) is 5. The van der Waals surface area contributed by atoms with Crippen molar-refractivity contribution in [3.05, 3.63) is 85.0 Å². The van der Waals surface area contributed by atoms with E-state index in [-0.39, 0.29) is 29.8 Å². The van der Waals surface area contributed by atoms with Gasteiger partial charge < -0.3 is 14.2 Å². The van der Waals surface area contributed by atoms with Gasteiger partial charge in [0.15, 0.2) is 0 Å². The number of methoxy groups -OCH3 is 1. The highest BCUT2D eigenvalue weighted by Crippen LogP contribution is 2.35. The number of benzene rings is 1. The number of carbonyl (C=O) groups is 1. The van der Waals surface area contributed by atoms with E-state index in [0.717, 1.165) is 16.7 Å². The van der Waals surface area contributed by atoms with Gasteiger partial charge in [-0.2, -0.15) is 5.10 Å². The molecule has 0 aliphatic carbocycles. The number of carbonyl (C=O) groups excluding carboxylic acids is 1. The number of rotatable bonds is 5. The van der Waals surface area contributed by atoms with Crippen LogP contribution in [0.15, 0.2) is 58.1 Å². The lowest BCUT2D eigenvalue weighted by atomic mass is 9.83. The van der Waals surface area contributed by atoms with E-state index in [4.69, 9.17) is 4.74 Å². The van der Waals surface area contributed by atoms with Crippen LogP contribution in [0.4, 0.5) is 5.69 Å². The van der Waals surface area contributed by atoms with E-state index in [0.29, 0.717) is 36.8 Å². The summed E-state index contributed by atoms with van der Waals surface area (Å²) in [5, 5.41) is 15.5. The lowest BCUT2D eigenvalue weighted by molar-refractivity contribution is -0.386. The summed E-state index contributed by atoms with van der Waals surface area (Å²) in [7, 11) is 1.58. The van der Waals surface area contributed by atoms with Crippen LogP contribution in [-0.4, -0.2) is 50.3 Å². The van der Waals surface area contributed by atoms with Crippen LogP contribution in [0.1, 0.15) is 18.0 Å². The summed E-state index contributed by atoms with van der Waals surface area (Å²) in [4.78, 5) is 50.3. The fraction of sp³-hybridized carbons (Fsp3) is 0.333. The Kier molecular flexibility index (Phi) is 5.67. The summed E-state index contributed by atoms with van der Waals surface area (Å²) in [5.41, 5.74) is 0.626. The molecule has 11 nitrogen and oxygen atoms in total. The molecule has 0 unspecified atom stereocenters. The minimum Gasteiger partial charge on any atom is -0.497 e. The average molecular weight is 477 g/mol. The summed E-state index contributed by atoms with van der Waals surface area (Å²) >= 11 is 0. The second-order valence-corrected chi connectivity index (χ2v) is 8.86. The normalized spacial score (nSPS) is 18.6. The molecule has 2 aromatic heterocycles. The first-order chi connectivity index (χ1) is 16.8. The molecule has 1 fully saturated rings. The van der Waals surface area contributed by atoms with E-state index in [1.165, 1.54) is 16.7 Å². The predicted octanol–water partition coefficient (Wildman–Crippen LogP) is 1.63. The molecule has 3 aromatic rings. The first-order valence-corrected chi connectivity index (χ1v) is 11.2. The molecule has 1 saturated heterocycles. The van der Waals surface area contributed by atoms with Crippen molar-refractivity contribution >= 4 is 11.6 Å². The molecule has 0 saturated carbocycles. The van der Waals surface area contributed by atoms with Crippen molar-refractivity contribution in [3.63, 3.8) is 0 Å². The minimum absolute atomic E-state index is 0.000202. The lowest BCUT2D eigenvalue weighted by Gasteiger charge is -2.42. The van der Waals surface area contributed by atoms with Gasteiger partial charge in [0.1, 0.15) is 12.3 Å². The number of nitro groups is 1. The lowest BCUT2D eigenvalue weighted by Crippen LogP contribution is -2.50. The van der Waals surface area contributed by atoms with Gasteiger partial charge in [-0.25, -0.2) is 4.68 Å². The van der Waals surface area contributed by atoms with Gasteiger partial charge in [0.25, 0.3) is 5.56 Å². The summed E-state index contributed by atoms with van der Waals surface area (Å²) in [6, 6.07) is 13.1. The third-order valence-electron chi connectivity index (χ3n) is 6.67. The molecule has 2 aliphatic heterocycles. The van der Waals surface area contributed by atoms with Crippen LogP contribution in [0, 0.1) is 16.0 Å². The number of pyridine rings is 1. The van der Waals surface area contributed by atoms with Gasteiger partial charge in [0.05, 0.1) is 17.7 Å². The van der Waals surface area contributed by atoms with E-state index >= 15 is 0 Å². The van der Waals surface area contributed by atoms with Gasteiger partial charge in [-0.15, -0.1) is 0 Å². The molecule has 2 aliphatic rings. The van der Waals surface area contributed by atoms with Crippen molar-refractivity contribution < 1.29 is 14.5 Å². The Labute approximate surface area is 199 Å². The van der Waals surface area contributed by atoms with Gasteiger partial charge in [-0.05, 0) is 48.7 Å². The zero-order valence-electron chi connectivity index (χ0n) is 19.0. The van der Waals surface area contributed by atoms with E-state index in [2.05, 4.69) is 5.10 Å². The van der Waals surface area contributed by atoms with Crippen LogP contribution in [0.3, 0.4) is 0 Å². The van der Waals surface area contributed by atoms with E-state index in [1.807, 2.05) is 12.1 Å². The molecule has 180 valence electrons. The summed E-state index contributed by atoms with van der Waals surface area (Å²) in [5.74, 6) is 0.362. The second-order valence-electron chi connectivity index (χ2n) is 8.86. The number of amides is 1. The van der Waals surface area contributed by atoms with Crippen molar-refractivity contribution in [3.8, 4) is 17.0 Å². The quantitative estimate of drug-likeness (QED) is 0.403. The van der Waals surface area contributed by atoms with Gasteiger partial charge in [0, 0.05) is 48.9 Å². The van der Waals surface area contributed by atoms with Gasteiger partial charge in [-0.3, -0.25) is 24.5 Å². The Morgan fingerprint density at radius 1 is 1.09 bits per heavy atom. The van der Waals surface area contributed by atoms with Crippen LogP contribution >= 0.6 is 0 Å². The number of fused-ring (bicyclic) bond motifs is 4. The third-order valence-corrected chi connectivity index (χ3v) is 6.67. The molecule has 4 heterocycles. The molecule has 2 atom stereocenters. The molecular formula is C24H23N5O6. The minimum atomic E-state index is -0.666. The zero-order chi connectivity index (χ0) is 24.7. The molecule has 1 amide bonds. The molecule has 0 spiro atoms. The summed E-state index contributed by atoms with van der Waals surface area (Å²) in [6.45, 7) is 0.910. The zero-order valence-corrected chi connectivity index (χ0v) is 19.0. The standard InChI is InChI=1S/C24H23N5O6/c1-35-18-4-2-16(3-5-18)19-6-9-22(30)28(25-19)14-23(31)26-11-15-10-17(13-26)20-7-8-21(29(33)34)24(32)27(20)12-15/h2-9,15,17H,10-14H2,1H3/t15-,17+/m0/s1. The smallest absolute Gasteiger partial charge is 0.334 e. The van der Waals surface area contributed by atoms with Crippen molar-refractivity contribution in [2.75, 3.05) is 20.2 Å². The van der Waals surface area contributed by atoms with Crippen LogP contribution < -0.4 is 15.9 Å². The van der Waals surface area contributed by atoms with Crippen molar-refractivity contribution in [2.24, 2.45) is 5.92 Å². The molecular weight excluding hydrogens is 454 g/mol. The van der Waals surface area contributed by atoms with Crippen LogP contribution in [-0.2, 0) is 17.9 Å². The van der Waals surface area contributed by atoms with Crippen molar-refractivity contribution in [2.45, 2.75) is 25.4 Å². The SMILES string of the molecule is COc1ccc(-c2ccc(=O)n(CC(=O)N3C[C@@H]4C[C@H](C3)c3ccc([N+](=O)[O-])c(=O)n3C4)n2)cc1.